The second kappa shape index (κ2) is 3.23. The maximum Gasteiger partial charge on any atom is 0.416 e. The molecule has 0 aromatic heterocycles. The van der Waals surface area contributed by atoms with E-state index in [1.165, 1.54) is 12.1 Å². The first kappa shape index (κ1) is 10.5. The zero-order valence-corrected chi connectivity index (χ0v) is 8.14. The van der Waals surface area contributed by atoms with E-state index in [4.69, 9.17) is 5.73 Å². The van der Waals surface area contributed by atoms with Gasteiger partial charge in [-0.25, -0.2) is 0 Å². The molecule has 1 aliphatic carbocycles. The first-order valence-electron chi connectivity index (χ1n) is 4.84. The molecular formula is C11H12F3N. The van der Waals surface area contributed by atoms with Crippen molar-refractivity contribution in [3.05, 3.63) is 35.4 Å². The van der Waals surface area contributed by atoms with Gasteiger partial charge in [-0.05, 0) is 37.0 Å². The second-order valence-electron chi connectivity index (χ2n) is 4.23. The Hall–Kier alpha value is -1.03. The van der Waals surface area contributed by atoms with Crippen LogP contribution in [-0.2, 0) is 12.6 Å². The van der Waals surface area contributed by atoms with Gasteiger partial charge < -0.3 is 5.73 Å². The van der Waals surface area contributed by atoms with Crippen molar-refractivity contribution in [2.24, 2.45) is 5.73 Å². The van der Waals surface area contributed by atoms with Gasteiger partial charge in [-0.2, -0.15) is 13.2 Å². The van der Waals surface area contributed by atoms with E-state index in [2.05, 4.69) is 0 Å². The minimum atomic E-state index is -4.25. The standard InChI is InChI=1S/C11H12F3N/c12-11(13,14)9-3-1-8(2-4-9)7-10(15)5-6-10/h1-4H,5-7,15H2. The van der Waals surface area contributed by atoms with E-state index in [0.29, 0.717) is 6.42 Å². The van der Waals surface area contributed by atoms with Crippen molar-refractivity contribution >= 4 is 0 Å². The van der Waals surface area contributed by atoms with Crippen LogP contribution in [0.3, 0.4) is 0 Å². The average Bonchev–Trinajstić information content (AvgIpc) is 2.82. The summed E-state index contributed by atoms with van der Waals surface area (Å²) in [6.07, 6.45) is -1.65. The van der Waals surface area contributed by atoms with E-state index in [1.54, 1.807) is 0 Å². The van der Waals surface area contributed by atoms with E-state index in [9.17, 15) is 13.2 Å². The molecular weight excluding hydrogens is 203 g/mol. The number of hydrogen-bond acceptors (Lipinski definition) is 1. The Kier molecular flexibility index (Phi) is 2.26. The summed E-state index contributed by atoms with van der Waals surface area (Å²) < 4.78 is 36.7. The van der Waals surface area contributed by atoms with E-state index in [-0.39, 0.29) is 5.54 Å². The smallest absolute Gasteiger partial charge is 0.325 e. The second-order valence-corrected chi connectivity index (χ2v) is 4.23. The van der Waals surface area contributed by atoms with Crippen LogP contribution in [0.5, 0.6) is 0 Å². The molecule has 0 heterocycles. The van der Waals surface area contributed by atoms with Crippen molar-refractivity contribution in [1.82, 2.24) is 0 Å². The maximum atomic E-state index is 12.2. The predicted octanol–water partition coefficient (Wildman–Crippen LogP) is 2.74. The topological polar surface area (TPSA) is 26.0 Å². The fourth-order valence-corrected chi connectivity index (χ4v) is 1.56. The van der Waals surface area contributed by atoms with E-state index < -0.39 is 11.7 Å². The molecule has 1 saturated carbocycles. The number of hydrogen-bond donors (Lipinski definition) is 1. The van der Waals surface area contributed by atoms with Gasteiger partial charge in [0.05, 0.1) is 5.56 Å². The van der Waals surface area contributed by atoms with Gasteiger partial charge in [0, 0.05) is 5.54 Å². The predicted molar refractivity (Wildman–Crippen MR) is 51.3 cm³/mol. The van der Waals surface area contributed by atoms with E-state index in [1.807, 2.05) is 0 Å². The minimum Gasteiger partial charge on any atom is -0.325 e. The van der Waals surface area contributed by atoms with Gasteiger partial charge in [0.25, 0.3) is 0 Å². The van der Waals surface area contributed by atoms with Crippen LogP contribution in [0.1, 0.15) is 24.0 Å². The molecule has 0 saturated heterocycles. The molecule has 4 heteroatoms. The summed E-state index contributed by atoms with van der Waals surface area (Å²) in [5.41, 5.74) is 6.00. The number of benzene rings is 1. The van der Waals surface area contributed by atoms with Gasteiger partial charge in [-0.3, -0.25) is 0 Å². The van der Waals surface area contributed by atoms with Gasteiger partial charge >= 0.3 is 6.18 Å². The number of nitrogens with two attached hydrogens (primary N) is 1. The molecule has 2 N–H and O–H groups in total. The summed E-state index contributed by atoms with van der Waals surface area (Å²) in [6, 6.07) is 5.24. The highest BCUT2D eigenvalue weighted by molar-refractivity contribution is 5.27. The Morgan fingerprint density at radius 3 is 2.07 bits per heavy atom. The zero-order valence-electron chi connectivity index (χ0n) is 8.14. The molecule has 0 radical (unpaired) electrons. The average molecular weight is 215 g/mol. The molecule has 0 aliphatic heterocycles. The quantitative estimate of drug-likeness (QED) is 0.806. The summed E-state index contributed by atoms with van der Waals surface area (Å²) in [6.45, 7) is 0. The summed E-state index contributed by atoms with van der Waals surface area (Å²) in [5.74, 6) is 0. The third-order valence-corrected chi connectivity index (χ3v) is 2.73. The highest BCUT2D eigenvalue weighted by atomic mass is 19.4. The molecule has 1 aliphatic rings. The molecule has 0 spiro atoms. The molecule has 1 fully saturated rings. The Bertz CT molecular complexity index is 349. The Morgan fingerprint density at radius 1 is 1.13 bits per heavy atom. The molecule has 82 valence electrons. The summed E-state index contributed by atoms with van der Waals surface area (Å²) in [5, 5.41) is 0. The lowest BCUT2D eigenvalue weighted by Gasteiger charge is -2.10. The molecule has 1 aromatic carbocycles. The Morgan fingerprint density at radius 2 is 1.67 bits per heavy atom. The largest absolute Gasteiger partial charge is 0.416 e. The van der Waals surface area contributed by atoms with Crippen LogP contribution in [0.15, 0.2) is 24.3 Å². The van der Waals surface area contributed by atoms with E-state index in [0.717, 1.165) is 30.5 Å². The molecule has 15 heavy (non-hydrogen) atoms. The summed E-state index contributed by atoms with van der Waals surface area (Å²) >= 11 is 0. The lowest BCUT2D eigenvalue weighted by atomic mass is 10.0. The summed E-state index contributed by atoms with van der Waals surface area (Å²) in [7, 11) is 0. The Balaban J connectivity index is 2.10. The van der Waals surface area contributed by atoms with Gasteiger partial charge in [0.2, 0.25) is 0 Å². The van der Waals surface area contributed by atoms with Crippen LogP contribution < -0.4 is 5.73 Å². The van der Waals surface area contributed by atoms with Crippen molar-refractivity contribution in [3.63, 3.8) is 0 Å². The van der Waals surface area contributed by atoms with E-state index >= 15 is 0 Å². The number of alkyl halides is 3. The molecule has 0 bridgehead atoms. The highest BCUT2D eigenvalue weighted by Gasteiger charge is 2.38. The molecule has 0 atom stereocenters. The van der Waals surface area contributed by atoms with Gasteiger partial charge in [0.15, 0.2) is 0 Å². The van der Waals surface area contributed by atoms with Crippen LogP contribution in [0, 0.1) is 0 Å². The van der Waals surface area contributed by atoms with Crippen molar-refractivity contribution in [1.29, 1.82) is 0 Å². The molecule has 0 amide bonds. The van der Waals surface area contributed by atoms with Gasteiger partial charge in [0.1, 0.15) is 0 Å². The lowest BCUT2D eigenvalue weighted by Crippen LogP contribution is -2.24. The molecule has 0 unspecified atom stereocenters. The summed E-state index contributed by atoms with van der Waals surface area (Å²) in [4.78, 5) is 0. The number of rotatable bonds is 2. The van der Waals surface area contributed by atoms with Crippen molar-refractivity contribution in [3.8, 4) is 0 Å². The van der Waals surface area contributed by atoms with Crippen LogP contribution in [0.25, 0.3) is 0 Å². The molecule has 2 rings (SSSR count). The van der Waals surface area contributed by atoms with Crippen LogP contribution in [-0.4, -0.2) is 5.54 Å². The first-order valence-corrected chi connectivity index (χ1v) is 4.84. The maximum absolute atomic E-state index is 12.2. The van der Waals surface area contributed by atoms with Gasteiger partial charge in [-0.1, -0.05) is 12.1 Å². The van der Waals surface area contributed by atoms with Gasteiger partial charge in [-0.15, -0.1) is 0 Å². The monoisotopic (exact) mass is 215 g/mol. The SMILES string of the molecule is NC1(Cc2ccc(C(F)(F)F)cc2)CC1. The first-order chi connectivity index (χ1) is 6.89. The Labute approximate surface area is 86.1 Å². The highest BCUT2D eigenvalue weighted by Crippen LogP contribution is 2.36. The van der Waals surface area contributed by atoms with Crippen LogP contribution in [0.2, 0.25) is 0 Å². The lowest BCUT2D eigenvalue weighted by molar-refractivity contribution is -0.137. The third-order valence-electron chi connectivity index (χ3n) is 2.73. The fraction of sp³-hybridized carbons (Fsp3) is 0.455. The van der Waals surface area contributed by atoms with Crippen molar-refractivity contribution in [2.45, 2.75) is 31.0 Å². The van der Waals surface area contributed by atoms with Crippen molar-refractivity contribution < 1.29 is 13.2 Å². The third kappa shape index (κ3) is 2.50. The normalized spacial score (nSPS) is 18.9. The zero-order chi connectivity index (χ0) is 11.1. The molecule has 1 nitrogen and oxygen atoms in total. The van der Waals surface area contributed by atoms with Crippen LogP contribution in [0.4, 0.5) is 13.2 Å². The van der Waals surface area contributed by atoms with Crippen LogP contribution >= 0.6 is 0 Å². The van der Waals surface area contributed by atoms with Crippen molar-refractivity contribution in [2.75, 3.05) is 0 Å². The fourth-order valence-electron chi connectivity index (χ4n) is 1.56. The molecule has 1 aromatic rings. The minimum absolute atomic E-state index is 0.153. The number of halogens is 3.